The average Bonchev–Trinajstić information content (AvgIpc) is 2.90. The van der Waals surface area contributed by atoms with E-state index in [-0.39, 0.29) is 23.2 Å². The summed E-state index contributed by atoms with van der Waals surface area (Å²) in [7, 11) is 0. The van der Waals surface area contributed by atoms with E-state index in [0.29, 0.717) is 6.41 Å². The molecule has 5 unspecified atom stereocenters. The first-order chi connectivity index (χ1) is 17.7. The van der Waals surface area contributed by atoms with Crippen molar-refractivity contribution in [3.05, 3.63) is 59.7 Å². The second-order valence-corrected chi connectivity index (χ2v) is 8.45. The SMILES string of the molecule is CCC1C(=O)OC(C)C(NC(=O)c2cccc(NC=O)c2O)C(=O)OC(C)C1OC(=O)c1ccccc1. The van der Waals surface area contributed by atoms with E-state index in [0.717, 1.165) is 0 Å². The Labute approximate surface area is 213 Å². The Morgan fingerprint density at radius 2 is 1.68 bits per heavy atom. The van der Waals surface area contributed by atoms with E-state index >= 15 is 0 Å². The fourth-order valence-corrected chi connectivity index (χ4v) is 3.96. The number of phenolic OH excluding ortho intramolecular Hbond substituents is 1. The van der Waals surface area contributed by atoms with Crippen molar-refractivity contribution in [3.8, 4) is 5.75 Å². The van der Waals surface area contributed by atoms with Gasteiger partial charge in [0.2, 0.25) is 6.41 Å². The summed E-state index contributed by atoms with van der Waals surface area (Å²) in [5.41, 5.74) is 0.0163. The summed E-state index contributed by atoms with van der Waals surface area (Å²) in [6.07, 6.45) is -2.81. The third kappa shape index (κ3) is 6.24. The molecule has 1 aliphatic rings. The number of anilines is 1. The molecule has 11 nitrogen and oxygen atoms in total. The summed E-state index contributed by atoms with van der Waals surface area (Å²) in [6.45, 7) is 4.59. The molecule has 3 N–H and O–H groups in total. The lowest BCUT2D eigenvalue weighted by Crippen LogP contribution is -2.50. The zero-order valence-corrected chi connectivity index (χ0v) is 20.5. The summed E-state index contributed by atoms with van der Waals surface area (Å²) in [5.74, 6) is -4.69. The molecule has 0 bridgehead atoms. The second kappa shape index (κ2) is 12.0. The molecule has 3 rings (SSSR count). The van der Waals surface area contributed by atoms with Crippen LogP contribution in [0.2, 0.25) is 0 Å². The minimum absolute atomic E-state index is 0.0124. The number of rotatable bonds is 7. The number of cyclic esters (lactones) is 2. The normalized spacial score (nSPS) is 23.8. The minimum atomic E-state index is -1.44. The molecule has 1 saturated heterocycles. The third-order valence-corrected chi connectivity index (χ3v) is 5.96. The average molecular weight is 513 g/mol. The largest absolute Gasteiger partial charge is 0.505 e. The molecule has 1 aliphatic heterocycles. The second-order valence-electron chi connectivity index (χ2n) is 8.45. The fourth-order valence-electron chi connectivity index (χ4n) is 3.96. The lowest BCUT2D eigenvalue weighted by molar-refractivity contribution is -0.160. The van der Waals surface area contributed by atoms with Crippen molar-refractivity contribution in [3.63, 3.8) is 0 Å². The van der Waals surface area contributed by atoms with Gasteiger partial charge in [-0.2, -0.15) is 0 Å². The zero-order chi connectivity index (χ0) is 27.1. The van der Waals surface area contributed by atoms with Crippen LogP contribution < -0.4 is 10.6 Å². The molecule has 0 aliphatic carbocycles. The van der Waals surface area contributed by atoms with Crippen LogP contribution in [0.25, 0.3) is 0 Å². The van der Waals surface area contributed by atoms with Gasteiger partial charge >= 0.3 is 17.9 Å². The van der Waals surface area contributed by atoms with Crippen LogP contribution >= 0.6 is 0 Å². The van der Waals surface area contributed by atoms with Crippen LogP contribution in [0, 0.1) is 5.92 Å². The molecule has 0 aromatic heterocycles. The van der Waals surface area contributed by atoms with Crippen molar-refractivity contribution in [1.29, 1.82) is 0 Å². The number of esters is 3. The Bertz CT molecular complexity index is 1170. The fraction of sp³-hybridized carbons (Fsp3) is 0.346. The molecule has 37 heavy (non-hydrogen) atoms. The van der Waals surface area contributed by atoms with Gasteiger partial charge in [0.15, 0.2) is 17.9 Å². The van der Waals surface area contributed by atoms with Gasteiger partial charge in [0.05, 0.1) is 22.7 Å². The van der Waals surface area contributed by atoms with E-state index in [2.05, 4.69) is 10.6 Å². The number of para-hydroxylation sites is 1. The summed E-state index contributed by atoms with van der Waals surface area (Å²) in [6, 6.07) is 10.8. The number of benzene rings is 2. The quantitative estimate of drug-likeness (QED) is 0.219. The van der Waals surface area contributed by atoms with Gasteiger partial charge in [0, 0.05) is 0 Å². The first-order valence-corrected chi connectivity index (χ1v) is 11.7. The maximum atomic E-state index is 13.1. The molecule has 2 aromatic carbocycles. The van der Waals surface area contributed by atoms with Gasteiger partial charge in [0.1, 0.15) is 12.2 Å². The van der Waals surface area contributed by atoms with Gasteiger partial charge < -0.3 is 30.0 Å². The first kappa shape index (κ1) is 27.2. The summed E-state index contributed by atoms with van der Waals surface area (Å²) < 4.78 is 16.6. The Morgan fingerprint density at radius 1 is 1.00 bits per heavy atom. The number of carbonyl (C=O) groups excluding carboxylic acids is 5. The molecule has 196 valence electrons. The van der Waals surface area contributed by atoms with Gasteiger partial charge in [-0.1, -0.05) is 31.2 Å². The Balaban J connectivity index is 1.85. The van der Waals surface area contributed by atoms with Crippen molar-refractivity contribution < 1.29 is 43.3 Å². The van der Waals surface area contributed by atoms with Crippen LogP contribution in [0.3, 0.4) is 0 Å². The van der Waals surface area contributed by atoms with Crippen molar-refractivity contribution >= 4 is 35.9 Å². The lowest BCUT2D eigenvalue weighted by Gasteiger charge is -2.28. The van der Waals surface area contributed by atoms with Crippen LogP contribution in [0.4, 0.5) is 5.69 Å². The van der Waals surface area contributed by atoms with Crippen LogP contribution in [0.5, 0.6) is 5.75 Å². The highest BCUT2D eigenvalue weighted by molar-refractivity contribution is 6.01. The maximum Gasteiger partial charge on any atom is 0.338 e. The van der Waals surface area contributed by atoms with Crippen molar-refractivity contribution in [2.45, 2.75) is 51.5 Å². The van der Waals surface area contributed by atoms with E-state index < -0.39 is 59.8 Å². The molecule has 1 fully saturated rings. The standard InChI is InChI=1S/C26H28N2O9/c1-4-17-22(37-24(32)16-9-6-5-7-10-16)15(3)36-26(34)20(14(2)35-25(17)33)28-23(31)18-11-8-12-19(21(18)30)27-13-29/h5-15,17,20,22,30H,4H2,1-3H3,(H,27,29)(H,28,31). The van der Waals surface area contributed by atoms with E-state index in [4.69, 9.17) is 14.2 Å². The molecule has 2 aromatic rings. The number of hydrogen-bond acceptors (Lipinski definition) is 9. The first-order valence-electron chi connectivity index (χ1n) is 11.7. The summed E-state index contributed by atoms with van der Waals surface area (Å²) >= 11 is 0. The van der Waals surface area contributed by atoms with Crippen molar-refractivity contribution in [2.24, 2.45) is 5.92 Å². The Kier molecular flexibility index (Phi) is 8.83. The van der Waals surface area contributed by atoms with Crippen LogP contribution in [0.1, 0.15) is 47.9 Å². The van der Waals surface area contributed by atoms with E-state index in [1.807, 2.05) is 0 Å². The number of aromatic hydroxyl groups is 1. The Morgan fingerprint density at radius 3 is 2.32 bits per heavy atom. The highest BCUT2D eigenvalue weighted by atomic mass is 16.6. The Hall–Kier alpha value is -4.41. The number of nitrogens with one attached hydrogen (secondary N) is 2. The van der Waals surface area contributed by atoms with Gasteiger partial charge in [-0.25, -0.2) is 9.59 Å². The number of carbonyl (C=O) groups is 5. The third-order valence-electron chi connectivity index (χ3n) is 5.96. The van der Waals surface area contributed by atoms with E-state index in [1.165, 1.54) is 32.0 Å². The van der Waals surface area contributed by atoms with Crippen LogP contribution in [-0.4, -0.2) is 59.7 Å². The molecular formula is C26H28N2O9. The van der Waals surface area contributed by atoms with Gasteiger partial charge in [-0.05, 0) is 44.5 Å². The van der Waals surface area contributed by atoms with Crippen LogP contribution in [-0.2, 0) is 28.6 Å². The monoisotopic (exact) mass is 512 g/mol. The highest BCUT2D eigenvalue weighted by Crippen LogP contribution is 2.28. The van der Waals surface area contributed by atoms with Crippen molar-refractivity contribution in [1.82, 2.24) is 5.32 Å². The summed E-state index contributed by atoms with van der Waals surface area (Å²) in [4.78, 5) is 62.5. The topological polar surface area (TPSA) is 157 Å². The minimum Gasteiger partial charge on any atom is -0.505 e. The summed E-state index contributed by atoms with van der Waals surface area (Å²) in [5, 5.41) is 15.0. The smallest absolute Gasteiger partial charge is 0.338 e. The predicted octanol–water partition coefficient (Wildman–Crippen LogP) is 2.19. The lowest BCUT2D eigenvalue weighted by atomic mass is 9.95. The molecule has 0 spiro atoms. The molecule has 1 heterocycles. The molecular weight excluding hydrogens is 484 g/mol. The van der Waals surface area contributed by atoms with E-state index in [9.17, 15) is 29.1 Å². The number of ether oxygens (including phenoxy) is 3. The molecule has 0 saturated carbocycles. The van der Waals surface area contributed by atoms with E-state index in [1.54, 1.807) is 37.3 Å². The van der Waals surface area contributed by atoms with Gasteiger partial charge in [0.25, 0.3) is 5.91 Å². The zero-order valence-electron chi connectivity index (χ0n) is 20.5. The van der Waals surface area contributed by atoms with Crippen molar-refractivity contribution in [2.75, 3.05) is 5.32 Å². The molecule has 2 amide bonds. The molecule has 0 radical (unpaired) electrons. The maximum absolute atomic E-state index is 13.1. The number of hydrogen-bond donors (Lipinski definition) is 3. The number of amides is 2. The highest BCUT2D eigenvalue weighted by Gasteiger charge is 2.43. The van der Waals surface area contributed by atoms with Crippen LogP contribution in [0.15, 0.2) is 48.5 Å². The van der Waals surface area contributed by atoms with Gasteiger partial charge in [-0.15, -0.1) is 0 Å². The molecule has 5 atom stereocenters. The predicted molar refractivity (Wildman–Crippen MR) is 130 cm³/mol. The molecule has 11 heteroatoms. The number of phenols is 1. The van der Waals surface area contributed by atoms with Gasteiger partial charge in [-0.3, -0.25) is 14.4 Å².